The van der Waals surface area contributed by atoms with E-state index in [-0.39, 0.29) is 17.1 Å². The van der Waals surface area contributed by atoms with Gasteiger partial charge in [0, 0.05) is 30.4 Å². The van der Waals surface area contributed by atoms with E-state index < -0.39 is 17.8 Å². The number of urea groups is 1. The molecule has 1 saturated heterocycles. The highest BCUT2D eigenvalue weighted by atomic mass is 35.5. The van der Waals surface area contributed by atoms with Gasteiger partial charge < -0.3 is 10.1 Å². The zero-order valence-corrected chi connectivity index (χ0v) is 20.0. The Labute approximate surface area is 212 Å². The first-order valence-electron chi connectivity index (χ1n) is 10.9. The summed E-state index contributed by atoms with van der Waals surface area (Å²) in [6.07, 6.45) is 9.41. The van der Waals surface area contributed by atoms with Crippen molar-refractivity contribution in [2.24, 2.45) is 5.10 Å². The van der Waals surface area contributed by atoms with Crippen molar-refractivity contribution in [3.8, 4) is 18.1 Å². The smallest absolute Gasteiger partial charge is 0.334 e. The van der Waals surface area contributed by atoms with Crippen LogP contribution in [0.1, 0.15) is 27.9 Å². The third kappa shape index (κ3) is 5.62. The Hall–Kier alpha value is -4.42. The molecule has 3 aromatic rings. The Kier molecular flexibility index (Phi) is 7.47. The van der Waals surface area contributed by atoms with E-state index >= 15 is 0 Å². The normalized spacial score (nSPS) is 12.6. The molecule has 8 nitrogen and oxygen atoms in total. The van der Waals surface area contributed by atoms with Crippen molar-refractivity contribution < 1.29 is 18.7 Å². The fourth-order valence-corrected chi connectivity index (χ4v) is 3.41. The number of carbonyl (C=O) groups excluding carboxylic acids is 2. The van der Waals surface area contributed by atoms with Gasteiger partial charge >= 0.3 is 6.03 Å². The molecule has 1 N–H and O–H groups in total. The van der Waals surface area contributed by atoms with Crippen LogP contribution in [-0.2, 0) is 0 Å². The molecule has 3 amide bonds. The van der Waals surface area contributed by atoms with Crippen molar-refractivity contribution in [3.05, 3.63) is 82.3 Å². The summed E-state index contributed by atoms with van der Waals surface area (Å²) in [5, 5.41) is 8.86. The second kappa shape index (κ2) is 10.9. The number of rotatable bonds is 6. The summed E-state index contributed by atoms with van der Waals surface area (Å²) in [5.74, 6) is 1.31. The fourth-order valence-electron chi connectivity index (χ4n) is 3.30. The Bertz CT molecular complexity index is 1370. The average molecular weight is 506 g/mol. The van der Waals surface area contributed by atoms with Crippen LogP contribution in [0.5, 0.6) is 5.75 Å². The van der Waals surface area contributed by atoms with Crippen LogP contribution in [0.15, 0.2) is 59.8 Å². The molecule has 0 atom stereocenters. The van der Waals surface area contributed by atoms with Gasteiger partial charge in [0.2, 0.25) is 0 Å². The second-order valence-electron chi connectivity index (χ2n) is 7.79. The first-order chi connectivity index (χ1) is 17.4. The molecular weight excluding hydrogens is 485 g/mol. The molecule has 0 bridgehead atoms. The van der Waals surface area contributed by atoms with Gasteiger partial charge in [-0.2, -0.15) is 5.10 Å². The van der Waals surface area contributed by atoms with Gasteiger partial charge in [0.1, 0.15) is 17.4 Å². The van der Waals surface area contributed by atoms with Crippen molar-refractivity contribution in [1.82, 2.24) is 9.99 Å². The van der Waals surface area contributed by atoms with E-state index in [1.807, 2.05) is 5.01 Å². The van der Waals surface area contributed by atoms with Crippen LogP contribution in [0.4, 0.5) is 20.7 Å². The maximum atomic E-state index is 14.8. The number of benzene rings is 2. The molecule has 1 aliphatic rings. The van der Waals surface area contributed by atoms with E-state index in [0.717, 1.165) is 24.4 Å². The van der Waals surface area contributed by atoms with Crippen molar-refractivity contribution in [3.63, 3.8) is 0 Å². The molecule has 10 heteroatoms. The molecule has 0 unspecified atom stereocenters. The SMILES string of the molecule is C#Cc1cc(OC)cc(C(=O)N(C(=O)Nc2ccc(C=NN3CCC3)cc2F)c2ccc(Cl)cn2)c1. The molecule has 1 aliphatic heterocycles. The van der Waals surface area contributed by atoms with E-state index in [4.69, 9.17) is 22.8 Å². The number of hydrogen-bond donors (Lipinski definition) is 1. The average Bonchev–Trinajstić information content (AvgIpc) is 2.85. The number of carbonyl (C=O) groups is 2. The highest BCUT2D eigenvalue weighted by Crippen LogP contribution is 2.23. The zero-order valence-electron chi connectivity index (χ0n) is 19.2. The number of aromatic nitrogens is 1. The summed E-state index contributed by atoms with van der Waals surface area (Å²) < 4.78 is 20.0. The van der Waals surface area contributed by atoms with Gasteiger partial charge in [-0.1, -0.05) is 23.6 Å². The Morgan fingerprint density at radius 1 is 1.25 bits per heavy atom. The molecule has 182 valence electrons. The van der Waals surface area contributed by atoms with Gasteiger partial charge in [-0.25, -0.2) is 19.1 Å². The number of halogens is 2. The van der Waals surface area contributed by atoms with E-state index in [0.29, 0.717) is 21.9 Å². The number of methoxy groups -OCH3 is 1. The molecule has 1 fully saturated rings. The van der Waals surface area contributed by atoms with E-state index in [1.54, 1.807) is 18.3 Å². The lowest BCUT2D eigenvalue weighted by Crippen LogP contribution is -2.41. The highest BCUT2D eigenvalue weighted by molar-refractivity contribution is 6.30. The summed E-state index contributed by atoms with van der Waals surface area (Å²) in [7, 11) is 1.43. The maximum absolute atomic E-state index is 14.8. The van der Waals surface area contributed by atoms with Gasteiger partial charge in [-0.15, -0.1) is 6.42 Å². The van der Waals surface area contributed by atoms with Crippen molar-refractivity contribution in [2.45, 2.75) is 6.42 Å². The molecule has 0 spiro atoms. The Balaban J connectivity index is 1.63. The predicted octanol–water partition coefficient (Wildman–Crippen LogP) is 4.78. The minimum absolute atomic E-state index is 0.0225. The number of terminal acetylenes is 1. The number of amides is 3. The van der Waals surface area contributed by atoms with Crippen LogP contribution in [0.2, 0.25) is 5.02 Å². The van der Waals surface area contributed by atoms with Crippen LogP contribution in [0.25, 0.3) is 0 Å². The Morgan fingerprint density at radius 2 is 2.06 bits per heavy atom. The lowest BCUT2D eigenvalue weighted by atomic mass is 10.1. The molecule has 4 rings (SSSR count). The van der Waals surface area contributed by atoms with Gasteiger partial charge in [0.15, 0.2) is 0 Å². The van der Waals surface area contributed by atoms with Crippen LogP contribution >= 0.6 is 11.6 Å². The van der Waals surface area contributed by atoms with Crippen LogP contribution < -0.4 is 15.0 Å². The molecule has 2 aromatic carbocycles. The number of nitrogens with zero attached hydrogens (tertiary/aromatic N) is 4. The third-order valence-corrected chi connectivity index (χ3v) is 5.56. The predicted molar refractivity (Wildman–Crippen MR) is 136 cm³/mol. The lowest BCUT2D eigenvalue weighted by Gasteiger charge is -2.27. The van der Waals surface area contributed by atoms with Crippen molar-refractivity contribution in [2.75, 3.05) is 30.4 Å². The van der Waals surface area contributed by atoms with Crippen molar-refractivity contribution >= 4 is 41.3 Å². The first kappa shape index (κ1) is 24.7. The summed E-state index contributed by atoms with van der Waals surface area (Å²) in [6.45, 7) is 1.73. The van der Waals surface area contributed by atoms with Crippen LogP contribution in [-0.4, -0.2) is 48.3 Å². The van der Waals surface area contributed by atoms with Gasteiger partial charge in [-0.05, 0) is 54.4 Å². The number of ether oxygens (including phenoxy) is 1. The summed E-state index contributed by atoms with van der Waals surface area (Å²) in [6, 6.07) is 10.6. The fraction of sp³-hybridized carbons (Fsp3) is 0.154. The van der Waals surface area contributed by atoms with Crippen LogP contribution in [0.3, 0.4) is 0 Å². The standard InChI is InChI=1S/C26H21ClFN5O3/c1-3-17-11-19(14-21(12-17)36-2)25(34)33(24-8-6-20(27)16-29-24)26(35)31-23-7-5-18(13-22(23)28)15-30-32-9-4-10-32/h1,5-8,11-16H,4,9-10H2,2H3,(H,31,35). The quantitative estimate of drug-likeness (QED) is 0.385. The molecular formula is C26H21ClFN5O3. The first-order valence-corrected chi connectivity index (χ1v) is 11.3. The maximum Gasteiger partial charge on any atom is 0.334 e. The molecule has 0 radical (unpaired) electrons. The van der Waals surface area contributed by atoms with Crippen molar-refractivity contribution in [1.29, 1.82) is 0 Å². The molecule has 36 heavy (non-hydrogen) atoms. The van der Waals surface area contributed by atoms with Crippen LogP contribution in [0, 0.1) is 18.2 Å². The number of hydrazone groups is 1. The summed E-state index contributed by atoms with van der Waals surface area (Å²) in [4.78, 5) is 31.6. The number of hydrogen-bond acceptors (Lipinski definition) is 6. The topological polar surface area (TPSA) is 87.1 Å². The minimum atomic E-state index is -0.930. The number of anilines is 2. The number of nitrogens with one attached hydrogen (secondary N) is 1. The Morgan fingerprint density at radius 3 is 2.67 bits per heavy atom. The third-order valence-electron chi connectivity index (χ3n) is 5.34. The van der Waals surface area contributed by atoms with E-state index in [1.165, 1.54) is 49.7 Å². The van der Waals surface area contributed by atoms with Gasteiger partial charge in [0.05, 0.1) is 24.0 Å². The lowest BCUT2D eigenvalue weighted by molar-refractivity contribution is 0.0994. The molecule has 2 heterocycles. The number of pyridine rings is 1. The van der Waals surface area contributed by atoms with Gasteiger partial charge in [0.25, 0.3) is 5.91 Å². The molecule has 1 aromatic heterocycles. The number of imide groups is 1. The largest absolute Gasteiger partial charge is 0.497 e. The second-order valence-corrected chi connectivity index (χ2v) is 8.23. The molecule has 0 saturated carbocycles. The van der Waals surface area contributed by atoms with E-state index in [2.05, 4.69) is 21.3 Å². The molecule has 0 aliphatic carbocycles. The van der Waals surface area contributed by atoms with Gasteiger partial charge in [-0.3, -0.25) is 9.80 Å². The summed E-state index contributed by atoms with van der Waals surface area (Å²) >= 11 is 5.93. The minimum Gasteiger partial charge on any atom is -0.497 e. The van der Waals surface area contributed by atoms with E-state index in [9.17, 15) is 14.0 Å². The zero-order chi connectivity index (χ0) is 25.7. The monoisotopic (exact) mass is 505 g/mol. The summed E-state index contributed by atoms with van der Waals surface area (Å²) in [5.41, 5.74) is 0.863. The highest BCUT2D eigenvalue weighted by Gasteiger charge is 2.27.